The van der Waals surface area contributed by atoms with Gasteiger partial charge in [0, 0.05) is 24.1 Å². The average molecular weight is 617 g/mol. The molecule has 232 valence electrons. The summed E-state index contributed by atoms with van der Waals surface area (Å²) in [5, 5.41) is 30.2. The predicted octanol–water partition coefficient (Wildman–Crippen LogP) is 6.48. The van der Waals surface area contributed by atoms with Crippen molar-refractivity contribution in [3.05, 3.63) is 113 Å². The Hall–Kier alpha value is -5.19. The van der Waals surface area contributed by atoms with Crippen molar-refractivity contribution in [2.75, 3.05) is 13.1 Å². The first-order chi connectivity index (χ1) is 21.4. The standard InChI is InChI=1S/C34H31F3N4O4/c1-20(38)41-15-14-29(19-41)45-28-12-8-23(9-13-28)30(33(43)44)17-21-2-3-22-4-5-25(18-26(22)16-21)31(39)40-32(42)24-6-10-27(11-7-24)34(35,36)37/h2-13,16,18,29-30,38H,14-15,17,19H2,1H3,(H,43,44)(H2,39,40,42)/t29-,30-/m0/s1. The first-order valence-corrected chi connectivity index (χ1v) is 14.3. The highest BCUT2D eigenvalue weighted by Gasteiger charge is 2.30. The van der Waals surface area contributed by atoms with Gasteiger partial charge in [-0.1, -0.05) is 42.5 Å². The van der Waals surface area contributed by atoms with Crippen molar-refractivity contribution in [3.8, 4) is 5.75 Å². The van der Waals surface area contributed by atoms with Gasteiger partial charge in [-0.3, -0.25) is 20.4 Å². The lowest BCUT2D eigenvalue weighted by Gasteiger charge is -2.18. The fraction of sp³-hybridized carbons (Fsp3) is 0.235. The molecule has 8 nitrogen and oxygen atoms in total. The van der Waals surface area contributed by atoms with Gasteiger partial charge >= 0.3 is 12.1 Å². The first kappa shape index (κ1) is 31.2. The zero-order valence-corrected chi connectivity index (χ0v) is 24.3. The number of ether oxygens (including phenoxy) is 1. The highest BCUT2D eigenvalue weighted by atomic mass is 19.4. The fourth-order valence-electron chi connectivity index (χ4n) is 5.33. The van der Waals surface area contributed by atoms with Crippen LogP contribution in [-0.4, -0.2) is 52.7 Å². The van der Waals surface area contributed by atoms with Crippen LogP contribution >= 0.6 is 0 Å². The molecule has 1 fully saturated rings. The molecule has 0 radical (unpaired) electrons. The molecule has 0 aromatic heterocycles. The lowest BCUT2D eigenvalue weighted by atomic mass is 9.91. The summed E-state index contributed by atoms with van der Waals surface area (Å²) in [5.74, 6) is -1.58. The molecule has 0 aliphatic carbocycles. The molecule has 0 spiro atoms. The molecule has 45 heavy (non-hydrogen) atoms. The Balaban J connectivity index is 1.26. The normalized spacial score (nSPS) is 15.5. The van der Waals surface area contributed by atoms with Crippen molar-refractivity contribution >= 4 is 34.3 Å². The van der Waals surface area contributed by atoms with E-state index in [1.54, 1.807) is 49.4 Å². The van der Waals surface area contributed by atoms with Gasteiger partial charge in [-0.15, -0.1) is 0 Å². The number of fused-ring (bicyclic) bond motifs is 1. The number of likely N-dealkylation sites (tertiary alicyclic amines) is 1. The first-order valence-electron chi connectivity index (χ1n) is 14.3. The number of nitrogens with zero attached hydrogens (tertiary/aromatic N) is 1. The van der Waals surface area contributed by atoms with Crippen molar-refractivity contribution in [1.82, 2.24) is 10.2 Å². The maximum Gasteiger partial charge on any atom is 0.416 e. The molecular formula is C34H31F3N4O4. The monoisotopic (exact) mass is 616 g/mol. The summed E-state index contributed by atoms with van der Waals surface area (Å²) in [7, 11) is 0. The van der Waals surface area contributed by atoms with Crippen molar-refractivity contribution in [2.24, 2.45) is 0 Å². The molecule has 5 rings (SSSR count). The number of hydrogen-bond donors (Lipinski definition) is 4. The zero-order chi connectivity index (χ0) is 32.3. The number of rotatable bonds is 8. The van der Waals surface area contributed by atoms with E-state index in [-0.39, 0.29) is 23.9 Å². The third kappa shape index (κ3) is 7.49. The molecule has 4 aromatic carbocycles. The van der Waals surface area contributed by atoms with E-state index in [2.05, 4.69) is 5.32 Å². The zero-order valence-electron chi connectivity index (χ0n) is 24.3. The highest BCUT2D eigenvalue weighted by Crippen LogP contribution is 2.30. The van der Waals surface area contributed by atoms with Crippen molar-refractivity contribution in [2.45, 2.75) is 38.0 Å². The lowest BCUT2D eigenvalue weighted by molar-refractivity contribution is -0.139. The molecule has 1 heterocycles. The molecule has 4 aromatic rings. The Bertz CT molecular complexity index is 1750. The summed E-state index contributed by atoms with van der Waals surface area (Å²) in [6.45, 7) is 3.16. The molecule has 1 saturated heterocycles. The number of benzene rings is 4. The van der Waals surface area contributed by atoms with Crippen LogP contribution in [0.4, 0.5) is 13.2 Å². The van der Waals surface area contributed by atoms with Crippen LogP contribution in [0.1, 0.15) is 51.9 Å². The Morgan fingerprint density at radius 2 is 1.62 bits per heavy atom. The molecule has 1 amide bonds. The minimum atomic E-state index is -4.52. The average Bonchev–Trinajstić information content (AvgIpc) is 3.48. The van der Waals surface area contributed by atoms with Crippen LogP contribution < -0.4 is 10.1 Å². The lowest BCUT2D eigenvalue weighted by Crippen LogP contribution is -2.30. The number of amides is 1. The van der Waals surface area contributed by atoms with E-state index in [0.717, 1.165) is 53.6 Å². The third-order valence-corrected chi connectivity index (χ3v) is 7.85. The second-order valence-corrected chi connectivity index (χ2v) is 11.0. The third-order valence-electron chi connectivity index (χ3n) is 7.85. The molecule has 11 heteroatoms. The molecule has 1 aliphatic heterocycles. The van der Waals surface area contributed by atoms with Crippen LogP contribution in [0, 0.1) is 10.8 Å². The minimum absolute atomic E-state index is 0.0156. The Morgan fingerprint density at radius 3 is 2.24 bits per heavy atom. The predicted molar refractivity (Wildman–Crippen MR) is 164 cm³/mol. The topological polar surface area (TPSA) is 127 Å². The van der Waals surface area contributed by atoms with Crippen LogP contribution in [0.3, 0.4) is 0 Å². The summed E-state index contributed by atoms with van der Waals surface area (Å²) in [5.41, 5.74) is 0.882. The summed E-state index contributed by atoms with van der Waals surface area (Å²) in [6, 6.07) is 21.4. The number of nitrogens with one attached hydrogen (secondary N) is 3. The quantitative estimate of drug-likeness (QED) is 0.133. The molecule has 2 atom stereocenters. The molecule has 4 N–H and O–H groups in total. The van der Waals surface area contributed by atoms with Gasteiger partial charge in [-0.2, -0.15) is 13.2 Å². The summed E-state index contributed by atoms with van der Waals surface area (Å²) in [4.78, 5) is 26.8. The summed E-state index contributed by atoms with van der Waals surface area (Å²) < 4.78 is 44.5. The largest absolute Gasteiger partial charge is 0.489 e. The number of carboxylic acid groups (broad SMARTS) is 1. The van der Waals surface area contributed by atoms with Gasteiger partial charge in [0.15, 0.2) is 0 Å². The van der Waals surface area contributed by atoms with Gasteiger partial charge in [-0.05, 0) is 77.7 Å². The Morgan fingerprint density at radius 1 is 0.956 bits per heavy atom. The van der Waals surface area contributed by atoms with Crippen LogP contribution in [0.2, 0.25) is 0 Å². The molecular weight excluding hydrogens is 585 g/mol. The number of amidine groups is 2. The number of carbonyl (C=O) groups excluding carboxylic acids is 1. The number of carbonyl (C=O) groups is 2. The smallest absolute Gasteiger partial charge is 0.416 e. The molecule has 0 bridgehead atoms. The second-order valence-electron chi connectivity index (χ2n) is 11.0. The van der Waals surface area contributed by atoms with Gasteiger partial charge in [0.1, 0.15) is 17.7 Å². The highest BCUT2D eigenvalue weighted by molar-refractivity contribution is 6.12. The van der Waals surface area contributed by atoms with Gasteiger partial charge in [0.2, 0.25) is 0 Å². The number of hydrogen-bond acceptors (Lipinski definition) is 5. The van der Waals surface area contributed by atoms with E-state index >= 15 is 0 Å². The van der Waals surface area contributed by atoms with Crippen LogP contribution in [-0.2, 0) is 17.4 Å². The van der Waals surface area contributed by atoms with Gasteiger partial charge in [0.05, 0.1) is 23.9 Å². The Labute approximate surface area is 257 Å². The summed E-state index contributed by atoms with van der Waals surface area (Å²) in [6.07, 6.45) is -3.53. The number of halogens is 3. The molecule has 1 aliphatic rings. The van der Waals surface area contributed by atoms with Gasteiger partial charge in [0.25, 0.3) is 5.91 Å². The number of aliphatic carboxylic acids is 1. The second kappa shape index (κ2) is 12.8. The SMILES string of the molecule is CC(=N)N1CC[C@H](Oc2ccc([C@H](Cc3ccc4ccc(C(=N)NC(=O)c5ccc(C(F)(F)F)cc5)cc4c3)C(=O)O)cc2)C1. The van der Waals surface area contributed by atoms with Crippen molar-refractivity contribution in [3.63, 3.8) is 0 Å². The van der Waals surface area contributed by atoms with E-state index in [1.165, 1.54) is 0 Å². The van der Waals surface area contributed by atoms with E-state index in [1.807, 2.05) is 23.1 Å². The van der Waals surface area contributed by atoms with E-state index in [4.69, 9.17) is 15.6 Å². The van der Waals surface area contributed by atoms with Crippen LogP contribution in [0.25, 0.3) is 10.8 Å². The molecule has 0 unspecified atom stereocenters. The van der Waals surface area contributed by atoms with Gasteiger partial charge < -0.3 is 20.1 Å². The number of alkyl halides is 3. The maximum atomic E-state index is 12.8. The minimum Gasteiger partial charge on any atom is -0.489 e. The van der Waals surface area contributed by atoms with E-state index in [9.17, 15) is 27.9 Å². The van der Waals surface area contributed by atoms with Gasteiger partial charge in [-0.25, -0.2) is 0 Å². The van der Waals surface area contributed by atoms with Crippen molar-refractivity contribution in [1.29, 1.82) is 10.8 Å². The van der Waals surface area contributed by atoms with E-state index in [0.29, 0.717) is 29.3 Å². The fourth-order valence-corrected chi connectivity index (χ4v) is 5.33. The molecule has 0 saturated carbocycles. The van der Waals surface area contributed by atoms with Crippen molar-refractivity contribution < 1.29 is 32.6 Å². The summed E-state index contributed by atoms with van der Waals surface area (Å²) >= 11 is 0. The van der Waals surface area contributed by atoms with Crippen LogP contribution in [0.5, 0.6) is 5.75 Å². The Kier molecular flexibility index (Phi) is 8.89. The maximum absolute atomic E-state index is 12.8. The van der Waals surface area contributed by atoms with E-state index < -0.39 is 29.5 Å². The van der Waals surface area contributed by atoms with Crippen LogP contribution in [0.15, 0.2) is 84.9 Å². The number of carboxylic acids is 1.